The Labute approximate surface area is 202 Å². The number of alkyl halides is 2. The van der Waals surface area contributed by atoms with Crippen molar-refractivity contribution in [3.63, 3.8) is 0 Å². The fourth-order valence-corrected chi connectivity index (χ4v) is 4.74. The van der Waals surface area contributed by atoms with E-state index in [0.717, 1.165) is 20.0 Å². The number of hydrogen-bond donors (Lipinski definition) is 1. The molecule has 1 aliphatic heterocycles. The molecular formula is C26H28F2N4O3. The summed E-state index contributed by atoms with van der Waals surface area (Å²) in [5, 5.41) is 3.18. The van der Waals surface area contributed by atoms with Crippen LogP contribution in [0.3, 0.4) is 0 Å². The number of esters is 1. The zero-order valence-electron chi connectivity index (χ0n) is 19.8. The molecule has 1 spiro atoms. The largest absolute Gasteiger partial charge is 0.463 e. The summed E-state index contributed by atoms with van der Waals surface area (Å²) in [7, 11) is 0. The molecule has 1 aromatic carbocycles. The molecule has 0 amide bonds. The lowest BCUT2D eigenvalue weighted by Gasteiger charge is -2.55. The van der Waals surface area contributed by atoms with Gasteiger partial charge in [0.1, 0.15) is 17.1 Å². The third-order valence-corrected chi connectivity index (χ3v) is 6.77. The van der Waals surface area contributed by atoms with E-state index < -0.39 is 11.9 Å². The van der Waals surface area contributed by atoms with Crippen molar-refractivity contribution in [3.8, 4) is 11.5 Å². The van der Waals surface area contributed by atoms with Crippen molar-refractivity contribution in [2.24, 2.45) is 5.41 Å². The molecule has 2 aliphatic rings. The second kappa shape index (κ2) is 8.94. The van der Waals surface area contributed by atoms with Gasteiger partial charge in [-0.05, 0) is 43.5 Å². The molecule has 7 nitrogen and oxygen atoms in total. The summed E-state index contributed by atoms with van der Waals surface area (Å²) in [6, 6.07) is 9.64. The lowest BCUT2D eigenvalue weighted by atomic mass is 9.64. The number of aromatic nitrogens is 2. The van der Waals surface area contributed by atoms with E-state index in [4.69, 9.17) is 19.1 Å². The first kappa shape index (κ1) is 23.3. The lowest BCUT2D eigenvalue weighted by molar-refractivity contribution is 0.0174. The van der Waals surface area contributed by atoms with Crippen molar-refractivity contribution in [3.05, 3.63) is 59.4 Å². The van der Waals surface area contributed by atoms with Gasteiger partial charge in [-0.3, -0.25) is 0 Å². The highest BCUT2D eigenvalue weighted by atomic mass is 19.3. The Morgan fingerprint density at radius 3 is 2.66 bits per heavy atom. The third kappa shape index (κ3) is 4.59. The minimum Gasteiger partial charge on any atom is -0.463 e. The van der Waals surface area contributed by atoms with Crippen molar-refractivity contribution < 1.29 is 22.7 Å². The maximum absolute atomic E-state index is 13.8. The van der Waals surface area contributed by atoms with Crippen molar-refractivity contribution in [1.82, 2.24) is 9.97 Å². The van der Waals surface area contributed by atoms with Gasteiger partial charge in [0.05, 0.1) is 12.9 Å². The van der Waals surface area contributed by atoms with Crippen LogP contribution in [0.5, 0.6) is 0 Å². The van der Waals surface area contributed by atoms with Gasteiger partial charge >= 0.3 is 5.97 Å². The summed E-state index contributed by atoms with van der Waals surface area (Å²) >= 11 is 0. The third-order valence-electron chi connectivity index (χ3n) is 6.77. The normalized spacial score (nSPS) is 16.5. The second-order valence-electron chi connectivity index (χ2n) is 9.45. The van der Waals surface area contributed by atoms with Crippen LogP contribution < -0.4 is 10.2 Å². The standard InChI is InChI=1S/C26H28F2N4O3/c1-3-34-23(33)20-21(19-9-5-12-35-19)30-24(32-15-26(16-32)10-6-11-26)31-22(20)29-14-17-7-4-8-18(13-17)25(2,27)28/h4-5,7-9,12-13H,3,6,10-11,14-16H2,1-2H3,(H,29,30,31). The Kier molecular flexibility index (Phi) is 5.94. The molecule has 5 rings (SSSR count). The first-order valence-corrected chi connectivity index (χ1v) is 11.9. The highest BCUT2D eigenvalue weighted by molar-refractivity contribution is 6.00. The van der Waals surface area contributed by atoms with Crippen molar-refractivity contribution in [2.75, 3.05) is 29.9 Å². The summed E-state index contributed by atoms with van der Waals surface area (Å²) in [4.78, 5) is 24.5. The maximum atomic E-state index is 13.8. The van der Waals surface area contributed by atoms with Crippen LogP contribution >= 0.6 is 0 Å². The highest BCUT2D eigenvalue weighted by Crippen LogP contribution is 2.49. The fraction of sp³-hybridized carbons (Fsp3) is 0.423. The van der Waals surface area contributed by atoms with Crippen LogP contribution in [0.2, 0.25) is 0 Å². The Morgan fingerprint density at radius 1 is 1.23 bits per heavy atom. The molecule has 2 aromatic heterocycles. The van der Waals surface area contributed by atoms with Crippen LogP contribution in [0.1, 0.15) is 54.6 Å². The molecular weight excluding hydrogens is 454 g/mol. The molecule has 0 unspecified atom stereocenters. The molecule has 3 heterocycles. The number of halogens is 2. The number of rotatable bonds is 8. The number of anilines is 2. The molecule has 1 aliphatic carbocycles. The molecule has 0 radical (unpaired) electrons. The number of carbonyl (C=O) groups is 1. The van der Waals surface area contributed by atoms with E-state index in [1.165, 1.54) is 37.7 Å². The van der Waals surface area contributed by atoms with Crippen molar-refractivity contribution >= 4 is 17.7 Å². The van der Waals surface area contributed by atoms with Crippen LogP contribution in [0.4, 0.5) is 20.5 Å². The second-order valence-corrected chi connectivity index (χ2v) is 9.45. The Balaban J connectivity index is 1.51. The lowest BCUT2D eigenvalue weighted by Crippen LogP contribution is -2.60. The zero-order chi connectivity index (χ0) is 24.6. The molecule has 1 N–H and O–H groups in total. The first-order valence-electron chi connectivity index (χ1n) is 11.9. The Hall–Kier alpha value is -3.49. The van der Waals surface area contributed by atoms with Crippen LogP contribution in [0.25, 0.3) is 11.5 Å². The Bertz CT molecular complexity index is 1210. The topological polar surface area (TPSA) is 80.5 Å². The van der Waals surface area contributed by atoms with Gasteiger partial charge in [0.15, 0.2) is 5.76 Å². The summed E-state index contributed by atoms with van der Waals surface area (Å²) in [6.45, 7) is 4.70. The van der Waals surface area contributed by atoms with Crippen molar-refractivity contribution in [2.45, 2.75) is 45.6 Å². The van der Waals surface area contributed by atoms with Crippen LogP contribution in [0.15, 0.2) is 47.1 Å². The van der Waals surface area contributed by atoms with Gasteiger partial charge in [-0.2, -0.15) is 4.98 Å². The molecule has 3 aromatic rings. The van der Waals surface area contributed by atoms with Gasteiger partial charge in [-0.15, -0.1) is 0 Å². The Morgan fingerprint density at radius 2 is 2.03 bits per heavy atom. The number of hydrogen-bond acceptors (Lipinski definition) is 7. The molecule has 0 atom stereocenters. The van der Waals surface area contributed by atoms with E-state index in [1.54, 1.807) is 31.2 Å². The van der Waals surface area contributed by atoms with Gasteiger partial charge in [-0.25, -0.2) is 18.6 Å². The van der Waals surface area contributed by atoms with Crippen LogP contribution in [-0.4, -0.2) is 35.6 Å². The molecule has 184 valence electrons. The number of nitrogens with one attached hydrogen (secondary N) is 1. The quantitative estimate of drug-likeness (QED) is 0.417. The average molecular weight is 483 g/mol. The van der Waals surface area contributed by atoms with Gasteiger partial charge in [0.25, 0.3) is 5.92 Å². The van der Waals surface area contributed by atoms with E-state index in [2.05, 4.69) is 10.2 Å². The van der Waals surface area contributed by atoms with E-state index in [0.29, 0.717) is 28.4 Å². The van der Waals surface area contributed by atoms with E-state index in [1.807, 2.05) is 0 Å². The van der Waals surface area contributed by atoms with Gasteiger partial charge in [-0.1, -0.05) is 24.6 Å². The van der Waals surface area contributed by atoms with E-state index in [9.17, 15) is 13.6 Å². The van der Waals surface area contributed by atoms with E-state index >= 15 is 0 Å². The smallest absolute Gasteiger partial charge is 0.344 e. The summed E-state index contributed by atoms with van der Waals surface area (Å²) in [5.41, 5.74) is 1.41. The number of nitrogens with zero attached hydrogens (tertiary/aromatic N) is 3. The molecule has 0 bridgehead atoms. The fourth-order valence-electron chi connectivity index (χ4n) is 4.74. The number of ether oxygens (including phenoxy) is 1. The predicted octanol–water partition coefficient (Wildman–Crippen LogP) is 5.63. The predicted molar refractivity (Wildman–Crippen MR) is 128 cm³/mol. The number of carbonyl (C=O) groups excluding carboxylic acids is 1. The van der Waals surface area contributed by atoms with Crippen LogP contribution in [0, 0.1) is 5.41 Å². The van der Waals surface area contributed by atoms with Gasteiger partial charge in [0, 0.05) is 37.5 Å². The maximum Gasteiger partial charge on any atom is 0.344 e. The average Bonchev–Trinajstić information content (AvgIpc) is 3.30. The number of benzene rings is 1. The molecule has 35 heavy (non-hydrogen) atoms. The molecule has 1 saturated carbocycles. The van der Waals surface area contributed by atoms with Crippen LogP contribution in [-0.2, 0) is 17.2 Å². The van der Waals surface area contributed by atoms with Gasteiger partial charge in [0.2, 0.25) is 5.95 Å². The van der Waals surface area contributed by atoms with E-state index in [-0.39, 0.29) is 30.1 Å². The minimum atomic E-state index is -2.95. The molecule has 1 saturated heterocycles. The number of furan rings is 1. The zero-order valence-corrected chi connectivity index (χ0v) is 19.8. The monoisotopic (exact) mass is 482 g/mol. The SMILES string of the molecule is CCOC(=O)c1c(NCc2cccc(C(C)(F)F)c2)nc(N2CC3(CCC3)C2)nc1-c1ccco1. The summed E-state index contributed by atoms with van der Waals surface area (Å²) in [6.07, 6.45) is 5.18. The van der Waals surface area contributed by atoms with Gasteiger partial charge < -0.3 is 19.4 Å². The summed E-state index contributed by atoms with van der Waals surface area (Å²) in [5.74, 6) is -2.33. The summed E-state index contributed by atoms with van der Waals surface area (Å²) < 4.78 is 38.6. The van der Waals surface area contributed by atoms with Crippen molar-refractivity contribution in [1.29, 1.82) is 0 Å². The molecule has 9 heteroatoms. The minimum absolute atomic E-state index is 0.0755. The molecule has 2 fully saturated rings. The highest BCUT2D eigenvalue weighted by Gasteiger charge is 2.48. The first-order chi connectivity index (χ1) is 16.8.